The summed E-state index contributed by atoms with van der Waals surface area (Å²) in [6, 6.07) is 5.06. The highest BCUT2D eigenvalue weighted by Gasteiger charge is 2.35. The number of aliphatic carboxylic acids is 1. The maximum absolute atomic E-state index is 11.8. The minimum atomic E-state index is -0.857. The van der Waals surface area contributed by atoms with Gasteiger partial charge in [0.2, 0.25) is 0 Å². The van der Waals surface area contributed by atoms with E-state index in [2.05, 4.69) is 5.32 Å². The number of carbonyl (C=O) groups is 2. The number of nitrogens with zero attached hydrogens (tertiary/aromatic N) is 1. The number of hydrogen-bond acceptors (Lipinski definition) is 3. The number of carboxylic acids is 1. The fraction of sp³-hybridized carbons (Fsp3) is 0.385. The summed E-state index contributed by atoms with van der Waals surface area (Å²) in [7, 11) is 1.59. The van der Waals surface area contributed by atoms with E-state index >= 15 is 0 Å². The molecular weight excluding hydrogens is 248 g/mol. The minimum Gasteiger partial charge on any atom is -0.496 e. The van der Waals surface area contributed by atoms with Gasteiger partial charge in [-0.25, -0.2) is 4.79 Å². The van der Waals surface area contributed by atoms with Crippen LogP contribution in [0, 0.1) is 12.8 Å². The topological polar surface area (TPSA) is 78.9 Å². The summed E-state index contributed by atoms with van der Waals surface area (Å²) in [5, 5.41) is 11.5. The fourth-order valence-electron chi connectivity index (χ4n) is 1.96. The molecule has 0 aromatic heterocycles. The van der Waals surface area contributed by atoms with Crippen molar-refractivity contribution < 1.29 is 19.4 Å². The van der Waals surface area contributed by atoms with E-state index in [4.69, 9.17) is 9.84 Å². The first-order valence-electron chi connectivity index (χ1n) is 5.94. The average molecular weight is 264 g/mol. The zero-order valence-corrected chi connectivity index (χ0v) is 10.8. The lowest BCUT2D eigenvalue weighted by Crippen LogP contribution is -2.54. The van der Waals surface area contributed by atoms with Gasteiger partial charge in [0.1, 0.15) is 5.75 Å². The smallest absolute Gasteiger partial charge is 0.321 e. The lowest BCUT2D eigenvalue weighted by Gasteiger charge is -2.36. The first-order chi connectivity index (χ1) is 9.01. The molecule has 0 atom stereocenters. The number of ether oxygens (including phenoxy) is 1. The van der Waals surface area contributed by atoms with Crippen molar-refractivity contribution >= 4 is 17.7 Å². The summed E-state index contributed by atoms with van der Waals surface area (Å²) in [5.74, 6) is -0.541. The molecule has 1 fully saturated rings. The molecule has 0 unspecified atom stereocenters. The van der Waals surface area contributed by atoms with Crippen molar-refractivity contribution in [3.8, 4) is 5.75 Å². The molecule has 19 heavy (non-hydrogen) atoms. The van der Waals surface area contributed by atoms with Crippen LogP contribution in [0.1, 0.15) is 5.56 Å². The lowest BCUT2D eigenvalue weighted by molar-refractivity contribution is -0.145. The normalized spacial score (nSPS) is 14.7. The second-order valence-electron chi connectivity index (χ2n) is 4.55. The maximum atomic E-state index is 11.8. The molecule has 0 spiro atoms. The van der Waals surface area contributed by atoms with E-state index in [1.165, 1.54) is 4.90 Å². The summed E-state index contributed by atoms with van der Waals surface area (Å²) in [6.07, 6.45) is 0. The van der Waals surface area contributed by atoms with Crippen LogP contribution in [-0.4, -0.2) is 42.2 Å². The van der Waals surface area contributed by atoms with E-state index in [9.17, 15) is 9.59 Å². The van der Waals surface area contributed by atoms with Gasteiger partial charge < -0.3 is 20.1 Å². The number of urea groups is 1. The number of amides is 2. The molecule has 6 nitrogen and oxygen atoms in total. The van der Waals surface area contributed by atoms with E-state index in [1.807, 2.05) is 13.0 Å². The number of aryl methyl sites for hydroxylation is 1. The van der Waals surface area contributed by atoms with Gasteiger partial charge in [0, 0.05) is 18.8 Å². The average Bonchev–Trinajstić information content (AvgIpc) is 2.26. The predicted molar refractivity (Wildman–Crippen MR) is 69.4 cm³/mol. The van der Waals surface area contributed by atoms with Gasteiger partial charge in [-0.15, -0.1) is 0 Å². The first-order valence-corrected chi connectivity index (χ1v) is 5.94. The largest absolute Gasteiger partial charge is 0.496 e. The molecule has 2 N–H and O–H groups in total. The van der Waals surface area contributed by atoms with Crippen molar-refractivity contribution in [2.75, 3.05) is 25.5 Å². The van der Waals surface area contributed by atoms with Crippen LogP contribution < -0.4 is 10.1 Å². The molecule has 1 saturated heterocycles. The molecule has 1 aromatic carbocycles. The zero-order chi connectivity index (χ0) is 14.0. The second-order valence-corrected chi connectivity index (χ2v) is 4.55. The van der Waals surface area contributed by atoms with Crippen LogP contribution in [0.15, 0.2) is 18.2 Å². The van der Waals surface area contributed by atoms with Crippen LogP contribution in [-0.2, 0) is 4.79 Å². The number of hydrogen-bond donors (Lipinski definition) is 2. The molecular formula is C13H16N2O4. The van der Waals surface area contributed by atoms with Crippen molar-refractivity contribution in [3.63, 3.8) is 0 Å². The molecule has 0 aliphatic carbocycles. The molecule has 0 saturated carbocycles. The lowest BCUT2D eigenvalue weighted by atomic mass is 10.0. The van der Waals surface area contributed by atoms with E-state index in [-0.39, 0.29) is 19.1 Å². The summed E-state index contributed by atoms with van der Waals surface area (Å²) in [6.45, 7) is 2.41. The quantitative estimate of drug-likeness (QED) is 0.868. The Morgan fingerprint density at radius 3 is 2.63 bits per heavy atom. The van der Waals surface area contributed by atoms with Crippen molar-refractivity contribution in [2.24, 2.45) is 5.92 Å². The highest BCUT2D eigenvalue weighted by Crippen LogP contribution is 2.23. The zero-order valence-electron chi connectivity index (χ0n) is 10.8. The number of benzene rings is 1. The number of carbonyl (C=O) groups excluding carboxylic acids is 1. The van der Waals surface area contributed by atoms with Crippen LogP contribution in [0.4, 0.5) is 10.5 Å². The minimum absolute atomic E-state index is 0.260. The third-order valence-electron chi connectivity index (χ3n) is 3.16. The van der Waals surface area contributed by atoms with Gasteiger partial charge >= 0.3 is 12.0 Å². The summed E-state index contributed by atoms with van der Waals surface area (Å²) in [4.78, 5) is 23.9. The fourth-order valence-corrected chi connectivity index (χ4v) is 1.96. The van der Waals surface area contributed by atoms with E-state index in [0.717, 1.165) is 11.3 Å². The molecule has 1 aliphatic heterocycles. The van der Waals surface area contributed by atoms with E-state index in [1.54, 1.807) is 19.2 Å². The van der Waals surface area contributed by atoms with Crippen LogP contribution in [0.2, 0.25) is 0 Å². The molecule has 1 aromatic rings. The maximum Gasteiger partial charge on any atom is 0.321 e. The number of carboxylic acid groups (broad SMARTS) is 1. The number of rotatable bonds is 3. The third kappa shape index (κ3) is 2.78. The van der Waals surface area contributed by atoms with Crippen LogP contribution in [0.5, 0.6) is 5.75 Å². The number of likely N-dealkylation sites (tertiary alicyclic amines) is 1. The summed E-state index contributed by atoms with van der Waals surface area (Å²) >= 11 is 0. The Balaban J connectivity index is 1.93. The molecule has 1 aliphatic rings. The second kappa shape index (κ2) is 5.17. The Labute approximate surface area is 111 Å². The molecule has 1 heterocycles. The van der Waals surface area contributed by atoms with Crippen LogP contribution in [0.25, 0.3) is 0 Å². The van der Waals surface area contributed by atoms with Gasteiger partial charge in [-0.1, -0.05) is 0 Å². The predicted octanol–water partition coefficient (Wildman–Crippen LogP) is 1.55. The molecule has 0 bridgehead atoms. The van der Waals surface area contributed by atoms with E-state index in [0.29, 0.717) is 5.69 Å². The van der Waals surface area contributed by atoms with Gasteiger partial charge in [-0.3, -0.25) is 4.79 Å². The molecule has 2 rings (SSSR count). The Morgan fingerprint density at radius 2 is 2.11 bits per heavy atom. The van der Waals surface area contributed by atoms with E-state index < -0.39 is 11.9 Å². The van der Waals surface area contributed by atoms with Gasteiger partial charge in [0.25, 0.3) is 0 Å². The molecule has 0 radical (unpaired) electrons. The first kappa shape index (κ1) is 13.2. The molecule has 6 heteroatoms. The molecule has 2 amide bonds. The van der Waals surface area contributed by atoms with Crippen molar-refractivity contribution in [1.29, 1.82) is 0 Å². The highest BCUT2D eigenvalue weighted by atomic mass is 16.5. The molecule has 102 valence electrons. The number of nitrogens with one attached hydrogen (secondary N) is 1. The van der Waals surface area contributed by atoms with Crippen LogP contribution in [0.3, 0.4) is 0 Å². The monoisotopic (exact) mass is 264 g/mol. The highest BCUT2D eigenvalue weighted by molar-refractivity contribution is 5.91. The standard InChI is InChI=1S/C13H16N2O4/c1-8-5-10(3-4-11(8)19-2)14-13(18)15-6-9(7-15)12(16)17/h3-5,9H,6-7H2,1-2H3,(H,14,18)(H,16,17). The van der Waals surface area contributed by atoms with Crippen LogP contribution >= 0.6 is 0 Å². The summed E-state index contributed by atoms with van der Waals surface area (Å²) < 4.78 is 5.14. The Morgan fingerprint density at radius 1 is 1.42 bits per heavy atom. The SMILES string of the molecule is COc1ccc(NC(=O)N2CC(C(=O)O)C2)cc1C. The third-order valence-corrected chi connectivity index (χ3v) is 3.16. The van der Waals surface area contributed by atoms with Gasteiger partial charge in [-0.2, -0.15) is 0 Å². The number of anilines is 1. The van der Waals surface area contributed by atoms with Gasteiger partial charge in [0.15, 0.2) is 0 Å². The summed E-state index contributed by atoms with van der Waals surface area (Å²) in [5.41, 5.74) is 1.59. The Hall–Kier alpha value is -2.24. The Bertz CT molecular complexity index is 509. The number of methoxy groups -OCH3 is 1. The van der Waals surface area contributed by atoms with Gasteiger partial charge in [0.05, 0.1) is 13.0 Å². The van der Waals surface area contributed by atoms with Crippen molar-refractivity contribution in [1.82, 2.24) is 4.90 Å². The van der Waals surface area contributed by atoms with Crippen molar-refractivity contribution in [3.05, 3.63) is 23.8 Å². The van der Waals surface area contributed by atoms with Crippen molar-refractivity contribution in [2.45, 2.75) is 6.92 Å². The van der Waals surface area contributed by atoms with Gasteiger partial charge in [-0.05, 0) is 30.7 Å². The Kier molecular flexibility index (Phi) is 3.59.